The van der Waals surface area contributed by atoms with Gasteiger partial charge < -0.3 is 20.0 Å². The lowest BCUT2D eigenvalue weighted by molar-refractivity contribution is -0.383. The normalized spacial score (nSPS) is 19.3. The summed E-state index contributed by atoms with van der Waals surface area (Å²) in [5.74, 6) is 0.480. The first-order valence-corrected chi connectivity index (χ1v) is 10.7. The standard InChI is InChI=1S/C21H31N7O2/c1-24-9-13-26(14-10-24)8-7-22-19-17-5-3-4-6-18(17)23-21(20(19)28(29)30)27-15-11-25(2)12-16-27/h3-6H,7-16H2,1-2H3,(H,22,23). The van der Waals surface area contributed by atoms with Crippen molar-refractivity contribution in [3.8, 4) is 0 Å². The van der Waals surface area contributed by atoms with Crippen LogP contribution in [0, 0.1) is 10.1 Å². The van der Waals surface area contributed by atoms with Gasteiger partial charge in [-0.1, -0.05) is 18.2 Å². The van der Waals surface area contributed by atoms with Gasteiger partial charge in [0, 0.05) is 70.8 Å². The second-order valence-electron chi connectivity index (χ2n) is 8.30. The van der Waals surface area contributed by atoms with Crippen molar-refractivity contribution < 1.29 is 4.92 Å². The molecule has 162 valence electrons. The summed E-state index contributed by atoms with van der Waals surface area (Å²) in [6.07, 6.45) is 0. The summed E-state index contributed by atoms with van der Waals surface area (Å²) in [7, 11) is 4.22. The van der Waals surface area contributed by atoms with E-state index >= 15 is 0 Å². The third-order valence-electron chi connectivity index (χ3n) is 6.16. The highest BCUT2D eigenvalue weighted by Crippen LogP contribution is 2.39. The number of rotatable bonds is 6. The van der Waals surface area contributed by atoms with Crippen LogP contribution in [0.4, 0.5) is 17.2 Å². The predicted octanol–water partition coefficient (Wildman–Crippen LogP) is 1.55. The Morgan fingerprint density at radius 1 is 1.00 bits per heavy atom. The average Bonchev–Trinajstić information content (AvgIpc) is 2.75. The molecule has 9 heteroatoms. The third-order valence-corrected chi connectivity index (χ3v) is 6.16. The van der Waals surface area contributed by atoms with Gasteiger partial charge in [0.15, 0.2) is 0 Å². The van der Waals surface area contributed by atoms with Crippen molar-refractivity contribution in [3.05, 3.63) is 34.4 Å². The summed E-state index contributed by atoms with van der Waals surface area (Å²) in [4.78, 5) is 25.6. The molecule has 2 saturated heterocycles. The van der Waals surface area contributed by atoms with E-state index in [9.17, 15) is 10.1 Å². The van der Waals surface area contributed by atoms with Crippen LogP contribution in [0.5, 0.6) is 0 Å². The van der Waals surface area contributed by atoms with Gasteiger partial charge in [-0.15, -0.1) is 0 Å². The zero-order valence-electron chi connectivity index (χ0n) is 17.9. The molecule has 30 heavy (non-hydrogen) atoms. The van der Waals surface area contributed by atoms with Crippen LogP contribution in [-0.2, 0) is 0 Å². The van der Waals surface area contributed by atoms with Crippen molar-refractivity contribution in [1.29, 1.82) is 0 Å². The van der Waals surface area contributed by atoms with E-state index in [1.807, 2.05) is 24.3 Å². The number of hydrogen-bond acceptors (Lipinski definition) is 8. The van der Waals surface area contributed by atoms with Crippen molar-refractivity contribution in [3.63, 3.8) is 0 Å². The van der Waals surface area contributed by atoms with E-state index in [1.165, 1.54) is 0 Å². The molecule has 0 unspecified atom stereocenters. The Morgan fingerprint density at radius 3 is 2.30 bits per heavy atom. The van der Waals surface area contributed by atoms with E-state index in [4.69, 9.17) is 4.98 Å². The molecule has 1 aromatic heterocycles. The summed E-state index contributed by atoms with van der Waals surface area (Å²) in [5, 5.41) is 16.4. The molecular weight excluding hydrogens is 382 g/mol. The zero-order valence-corrected chi connectivity index (χ0v) is 17.9. The largest absolute Gasteiger partial charge is 0.378 e. The highest BCUT2D eigenvalue weighted by Gasteiger charge is 2.30. The molecule has 0 saturated carbocycles. The van der Waals surface area contributed by atoms with E-state index in [0.717, 1.165) is 69.8 Å². The first-order chi connectivity index (χ1) is 14.5. The van der Waals surface area contributed by atoms with Crippen LogP contribution in [0.25, 0.3) is 10.9 Å². The van der Waals surface area contributed by atoms with Crippen LogP contribution in [0.1, 0.15) is 0 Å². The van der Waals surface area contributed by atoms with Crippen molar-refractivity contribution in [2.24, 2.45) is 0 Å². The second kappa shape index (κ2) is 9.11. The first kappa shape index (κ1) is 20.8. The van der Waals surface area contributed by atoms with E-state index < -0.39 is 0 Å². The van der Waals surface area contributed by atoms with Crippen LogP contribution < -0.4 is 10.2 Å². The number of piperazine rings is 2. The number of anilines is 2. The monoisotopic (exact) mass is 413 g/mol. The van der Waals surface area contributed by atoms with Gasteiger partial charge in [0.1, 0.15) is 5.69 Å². The molecular formula is C21H31N7O2. The summed E-state index contributed by atoms with van der Waals surface area (Å²) >= 11 is 0. The molecule has 4 rings (SSSR count). The maximum Gasteiger partial charge on any atom is 0.335 e. The van der Waals surface area contributed by atoms with Crippen molar-refractivity contribution >= 4 is 28.1 Å². The predicted molar refractivity (Wildman–Crippen MR) is 121 cm³/mol. The zero-order chi connectivity index (χ0) is 21.1. The molecule has 2 aliphatic heterocycles. The first-order valence-electron chi connectivity index (χ1n) is 10.7. The molecule has 0 amide bonds. The van der Waals surface area contributed by atoms with E-state index in [2.05, 4.69) is 39.0 Å². The van der Waals surface area contributed by atoms with E-state index in [0.29, 0.717) is 18.1 Å². The van der Waals surface area contributed by atoms with Gasteiger partial charge >= 0.3 is 5.69 Å². The van der Waals surface area contributed by atoms with Gasteiger partial charge in [0.2, 0.25) is 5.82 Å². The Balaban J connectivity index is 1.62. The van der Waals surface area contributed by atoms with Gasteiger partial charge in [-0.25, -0.2) is 4.98 Å². The molecule has 9 nitrogen and oxygen atoms in total. The molecule has 1 N–H and O–H groups in total. The highest BCUT2D eigenvalue weighted by atomic mass is 16.6. The molecule has 2 fully saturated rings. The quantitative estimate of drug-likeness (QED) is 0.564. The number of aromatic nitrogens is 1. The van der Waals surface area contributed by atoms with Gasteiger partial charge in [-0.2, -0.15) is 0 Å². The number of nitro groups is 1. The van der Waals surface area contributed by atoms with Gasteiger partial charge in [-0.05, 0) is 20.2 Å². The number of pyridine rings is 1. The van der Waals surface area contributed by atoms with Gasteiger partial charge in [-0.3, -0.25) is 15.0 Å². The Kier molecular flexibility index (Phi) is 6.31. The molecule has 2 aromatic rings. The summed E-state index contributed by atoms with van der Waals surface area (Å²) in [5.41, 5.74) is 1.48. The molecule has 0 radical (unpaired) electrons. The molecule has 3 heterocycles. The third kappa shape index (κ3) is 4.48. The van der Waals surface area contributed by atoms with E-state index in [-0.39, 0.29) is 10.6 Å². The number of hydrogen-bond donors (Lipinski definition) is 1. The Labute approximate surface area is 177 Å². The fourth-order valence-electron chi connectivity index (χ4n) is 4.19. The molecule has 0 atom stereocenters. The SMILES string of the molecule is CN1CCN(CCNc2c([N+](=O)[O-])c(N3CCN(C)CC3)nc3ccccc23)CC1. The Bertz CT molecular complexity index is 890. The molecule has 2 aliphatic rings. The smallest absolute Gasteiger partial charge is 0.335 e. The molecule has 0 aliphatic carbocycles. The van der Waals surface area contributed by atoms with Gasteiger partial charge in [0.05, 0.1) is 10.4 Å². The highest BCUT2D eigenvalue weighted by molar-refractivity contribution is 5.99. The van der Waals surface area contributed by atoms with Crippen molar-refractivity contribution in [2.75, 3.05) is 89.8 Å². The van der Waals surface area contributed by atoms with Gasteiger partial charge in [0.25, 0.3) is 0 Å². The maximum atomic E-state index is 12.2. The average molecular weight is 414 g/mol. The second-order valence-corrected chi connectivity index (χ2v) is 8.30. The van der Waals surface area contributed by atoms with E-state index in [1.54, 1.807) is 0 Å². The summed E-state index contributed by atoms with van der Waals surface area (Å²) in [6.45, 7) is 8.94. The minimum absolute atomic E-state index is 0.0941. The summed E-state index contributed by atoms with van der Waals surface area (Å²) < 4.78 is 0. The lowest BCUT2D eigenvalue weighted by atomic mass is 10.1. The number of benzene rings is 1. The molecule has 1 aromatic carbocycles. The van der Waals surface area contributed by atoms with Crippen LogP contribution in [0.2, 0.25) is 0 Å². The van der Waals surface area contributed by atoms with Crippen molar-refractivity contribution in [1.82, 2.24) is 19.7 Å². The maximum absolute atomic E-state index is 12.2. The Hall–Kier alpha value is -2.49. The summed E-state index contributed by atoms with van der Waals surface area (Å²) in [6, 6.07) is 7.70. The lowest BCUT2D eigenvalue weighted by Crippen LogP contribution is -2.46. The molecule has 0 bridgehead atoms. The fourth-order valence-corrected chi connectivity index (χ4v) is 4.19. The number of fused-ring (bicyclic) bond motifs is 1. The van der Waals surface area contributed by atoms with Crippen molar-refractivity contribution in [2.45, 2.75) is 0 Å². The number of likely N-dealkylation sites (N-methyl/N-ethyl adjacent to an activating group) is 2. The number of nitrogens with zero attached hydrogens (tertiary/aromatic N) is 6. The minimum Gasteiger partial charge on any atom is -0.378 e. The van der Waals surface area contributed by atoms with Crippen LogP contribution in [-0.4, -0.2) is 104 Å². The minimum atomic E-state index is -0.273. The fraction of sp³-hybridized carbons (Fsp3) is 0.571. The molecule has 0 spiro atoms. The van der Waals surface area contributed by atoms with Crippen LogP contribution >= 0.6 is 0 Å². The number of para-hydroxylation sites is 1. The topological polar surface area (TPSA) is 81.0 Å². The van der Waals surface area contributed by atoms with Crippen LogP contribution in [0.15, 0.2) is 24.3 Å². The Morgan fingerprint density at radius 2 is 1.63 bits per heavy atom. The number of nitrogens with one attached hydrogen (secondary N) is 1. The lowest BCUT2D eigenvalue weighted by Gasteiger charge is -2.33. The van der Waals surface area contributed by atoms with Crippen LogP contribution in [0.3, 0.4) is 0 Å².